The lowest BCUT2D eigenvalue weighted by atomic mass is 10.2. The molecule has 0 aromatic rings. The molecule has 1 fully saturated rings. The highest BCUT2D eigenvalue weighted by molar-refractivity contribution is 5.73. The van der Waals surface area contributed by atoms with E-state index in [-0.39, 0.29) is 24.3 Å². The van der Waals surface area contributed by atoms with Gasteiger partial charge in [-0.15, -0.1) is 0 Å². The van der Waals surface area contributed by atoms with E-state index in [2.05, 4.69) is 0 Å². The third-order valence-corrected chi connectivity index (χ3v) is 1.86. The Kier molecular flexibility index (Phi) is 2.27. The minimum Gasteiger partial charge on any atom is -0.480 e. The van der Waals surface area contributed by atoms with Crippen molar-refractivity contribution in [3.8, 4) is 0 Å². The second-order valence-corrected chi connectivity index (χ2v) is 2.66. The Bertz CT molecular complexity index is 192. The van der Waals surface area contributed by atoms with Gasteiger partial charge in [-0.1, -0.05) is 0 Å². The SMILES string of the molecule is O=C(O)C1CCCN1C(F)(F)F. The fourth-order valence-corrected chi connectivity index (χ4v) is 1.33. The molecule has 1 saturated heterocycles. The van der Waals surface area contributed by atoms with Gasteiger partial charge in [0, 0.05) is 6.54 Å². The zero-order valence-electron chi connectivity index (χ0n) is 6.14. The molecule has 0 saturated carbocycles. The van der Waals surface area contributed by atoms with Crippen molar-refractivity contribution in [2.75, 3.05) is 6.54 Å². The summed E-state index contributed by atoms with van der Waals surface area (Å²) in [4.78, 5) is 10.4. The quantitative estimate of drug-likeness (QED) is 0.618. The molecule has 0 amide bonds. The van der Waals surface area contributed by atoms with Crippen LogP contribution in [0.15, 0.2) is 0 Å². The van der Waals surface area contributed by atoms with E-state index in [1.54, 1.807) is 0 Å². The zero-order chi connectivity index (χ0) is 9.35. The summed E-state index contributed by atoms with van der Waals surface area (Å²) in [7, 11) is 0. The van der Waals surface area contributed by atoms with Crippen molar-refractivity contribution in [1.82, 2.24) is 4.90 Å². The van der Waals surface area contributed by atoms with Gasteiger partial charge in [-0.2, -0.15) is 13.2 Å². The Morgan fingerprint density at radius 2 is 2.08 bits per heavy atom. The van der Waals surface area contributed by atoms with E-state index in [0.29, 0.717) is 0 Å². The predicted octanol–water partition coefficient (Wildman–Crippen LogP) is 1.06. The number of hydrogen-bond acceptors (Lipinski definition) is 2. The van der Waals surface area contributed by atoms with Crippen molar-refractivity contribution in [2.24, 2.45) is 0 Å². The van der Waals surface area contributed by atoms with E-state index in [4.69, 9.17) is 5.11 Å². The maximum absolute atomic E-state index is 12.0. The summed E-state index contributed by atoms with van der Waals surface area (Å²) in [6.45, 7) is -0.208. The highest BCUT2D eigenvalue weighted by Crippen LogP contribution is 2.30. The van der Waals surface area contributed by atoms with Crippen LogP contribution >= 0.6 is 0 Å². The number of carbonyl (C=O) groups is 1. The molecule has 1 atom stereocenters. The minimum atomic E-state index is -4.51. The van der Waals surface area contributed by atoms with Crippen LogP contribution in [-0.2, 0) is 4.79 Å². The van der Waals surface area contributed by atoms with Gasteiger partial charge in [0.25, 0.3) is 0 Å². The first-order valence-electron chi connectivity index (χ1n) is 3.49. The summed E-state index contributed by atoms with van der Waals surface area (Å²) in [5.41, 5.74) is 0. The van der Waals surface area contributed by atoms with Crippen molar-refractivity contribution in [1.29, 1.82) is 0 Å². The average molecular weight is 183 g/mol. The number of rotatable bonds is 1. The molecule has 12 heavy (non-hydrogen) atoms. The normalized spacial score (nSPS) is 26.1. The van der Waals surface area contributed by atoms with Gasteiger partial charge in [0.05, 0.1) is 0 Å². The molecular formula is C6H8F3NO2. The van der Waals surface area contributed by atoms with Gasteiger partial charge in [0.2, 0.25) is 0 Å². The van der Waals surface area contributed by atoms with Gasteiger partial charge in [0.15, 0.2) is 0 Å². The van der Waals surface area contributed by atoms with Crippen LogP contribution in [0.3, 0.4) is 0 Å². The standard InChI is InChI=1S/C6H8F3NO2/c7-6(8,9)10-3-1-2-4(10)5(11)12/h4H,1-3H2,(H,11,12). The number of nitrogens with zero attached hydrogens (tertiary/aromatic N) is 1. The van der Waals surface area contributed by atoms with Gasteiger partial charge < -0.3 is 5.11 Å². The summed E-state index contributed by atoms with van der Waals surface area (Å²) in [5.74, 6) is -1.40. The lowest BCUT2D eigenvalue weighted by Crippen LogP contribution is -2.45. The van der Waals surface area contributed by atoms with Crippen LogP contribution in [-0.4, -0.2) is 34.9 Å². The van der Waals surface area contributed by atoms with Crippen LogP contribution in [0.4, 0.5) is 13.2 Å². The van der Waals surface area contributed by atoms with Gasteiger partial charge in [-0.25, -0.2) is 4.90 Å². The molecule has 3 nitrogen and oxygen atoms in total. The van der Waals surface area contributed by atoms with E-state index in [9.17, 15) is 18.0 Å². The fourth-order valence-electron chi connectivity index (χ4n) is 1.33. The van der Waals surface area contributed by atoms with E-state index < -0.39 is 18.3 Å². The third-order valence-electron chi connectivity index (χ3n) is 1.86. The number of halogens is 3. The van der Waals surface area contributed by atoms with Gasteiger partial charge >= 0.3 is 12.3 Å². The number of carboxylic acid groups (broad SMARTS) is 1. The maximum Gasteiger partial charge on any atom is 0.460 e. The van der Waals surface area contributed by atoms with Gasteiger partial charge in [0.1, 0.15) is 6.04 Å². The molecule has 1 N–H and O–H groups in total. The Balaban J connectivity index is 2.71. The van der Waals surface area contributed by atoms with Crippen LogP contribution in [0.2, 0.25) is 0 Å². The van der Waals surface area contributed by atoms with Crippen LogP contribution in [0.25, 0.3) is 0 Å². The van der Waals surface area contributed by atoms with Crippen molar-refractivity contribution >= 4 is 5.97 Å². The highest BCUT2D eigenvalue weighted by Gasteiger charge is 2.47. The zero-order valence-corrected chi connectivity index (χ0v) is 6.14. The molecular weight excluding hydrogens is 175 g/mol. The van der Waals surface area contributed by atoms with Gasteiger partial charge in [-0.05, 0) is 12.8 Å². The number of alkyl halides is 3. The molecule has 1 aliphatic rings. The molecule has 1 aliphatic heterocycles. The number of carboxylic acids is 1. The molecule has 70 valence electrons. The van der Waals surface area contributed by atoms with Crippen LogP contribution in [0.5, 0.6) is 0 Å². The van der Waals surface area contributed by atoms with E-state index in [1.165, 1.54) is 0 Å². The molecule has 1 unspecified atom stereocenters. The van der Waals surface area contributed by atoms with Gasteiger partial charge in [-0.3, -0.25) is 4.79 Å². The van der Waals surface area contributed by atoms with Crippen LogP contribution in [0, 0.1) is 0 Å². The summed E-state index contributed by atoms with van der Waals surface area (Å²) in [5, 5.41) is 8.41. The summed E-state index contributed by atoms with van der Waals surface area (Å²) in [6, 6.07) is -1.38. The topological polar surface area (TPSA) is 40.5 Å². The first-order valence-corrected chi connectivity index (χ1v) is 3.49. The summed E-state index contributed by atoms with van der Waals surface area (Å²) in [6.07, 6.45) is -4.15. The van der Waals surface area contributed by atoms with Crippen molar-refractivity contribution in [2.45, 2.75) is 25.2 Å². The molecule has 6 heteroatoms. The smallest absolute Gasteiger partial charge is 0.460 e. The lowest BCUT2D eigenvalue weighted by molar-refractivity contribution is -0.250. The Labute approximate surface area is 66.8 Å². The second kappa shape index (κ2) is 2.93. The second-order valence-electron chi connectivity index (χ2n) is 2.66. The number of aliphatic carboxylic acids is 1. The number of likely N-dealkylation sites (tertiary alicyclic amines) is 1. The van der Waals surface area contributed by atoms with E-state index in [1.807, 2.05) is 0 Å². The predicted molar refractivity (Wildman–Crippen MR) is 33.4 cm³/mol. The molecule has 1 rings (SSSR count). The molecule has 0 aromatic heterocycles. The number of hydrogen-bond donors (Lipinski definition) is 1. The highest BCUT2D eigenvalue weighted by atomic mass is 19.4. The molecule has 0 aromatic carbocycles. The minimum absolute atomic E-state index is 0.0648. The fraction of sp³-hybridized carbons (Fsp3) is 0.833. The monoisotopic (exact) mass is 183 g/mol. The maximum atomic E-state index is 12.0. The molecule has 1 heterocycles. The molecule has 0 aliphatic carbocycles. The molecule has 0 spiro atoms. The van der Waals surface area contributed by atoms with Crippen LogP contribution < -0.4 is 0 Å². The largest absolute Gasteiger partial charge is 0.480 e. The molecule has 0 bridgehead atoms. The summed E-state index contributed by atoms with van der Waals surface area (Å²) < 4.78 is 36.1. The van der Waals surface area contributed by atoms with Crippen LogP contribution in [0.1, 0.15) is 12.8 Å². The third kappa shape index (κ3) is 1.69. The average Bonchev–Trinajstić information content (AvgIpc) is 2.30. The Hall–Kier alpha value is -0.780. The van der Waals surface area contributed by atoms with Crippen molar-refractivity contribution in [3.63, 3.8) is 0 Å². The van der Waals surface area contributed by atoms with Crippen molar-refractivity contribution in [3.05, 3.63) is 0 Å². The summed E-state index contributed by atoms with van der Waals surface area (Å²) >= 11 is 0. The van der Waals surface area contributed by atoms with E-state index in [0.717, 1.165) is 0 Å². The first kappa shape index (κ1) is 9.31. The Morgan fingerprint density at radius 3 is 2.42 bits per heavy atom. The Morgan fingerprint density at radius 1 is 1.50 bits per heavy atom. The lowest BCUT2D eigenvalue weighted by Gasteiger charge is -2.23. The molecule has 0 radical (unpaired) electrons. The van der Waals surface area contributed by atoms with Crippen molar-refractivity contribution < 1.29 is 23.1 Å². The van der Waals surface area contributed by atoms with E-state index >= 15 is 0 Å². The first-order chi connectivity index (χ1) is 5.43.